The highest BCUT2D eigenvalue weighted by molar-refractivity contribution is 6.34. The summed E-state index contributed by atoms with van der Waals surface area (Å²) >= 11 is 6.35. The fraction of sp³-hybridized carbons (Fsp3) is 0.240. The van der Waals surface area contributed by atoms with Crippen molar-refractivity contribution in [3.8, 4) is 5.75 Å². The molecule has 0 bridgehead atoms. The van der Waals surface area contributed by atoms with Crippen molar-refractivity contribution < 1.29 is 23.1 Å². The number of rotatable bonds is 7. The Labute approximate surface area is 195 Å². The van der Waals surface area contributed by atoms with Crippen molar-refractivity contribution in [1.29, 1.82) is 0 Å². The number of aromatic nitrogens is 1. The van der Waals surface area contributed by atoms with Gasteiger partial charge in [0, 0.05) is 31.8 Å². The maximum absolute atomic E-state index is 13.6. The zero-order valence-electron chi connectivity index (χ0n) is 17.6. The molecular weight excluding hydrogens is 450 g/mol. The van der Waals surface area contributed by atoms with E-state index in [4.69, 9.17) is 16.3 Å². The van der Waals surface area contributed by atoms with E-state index in [-0.39, 0.29) is 47.3 Å². The first kappa shape index (κ1) is 22.9. The molecular formula is C25H21ClF2N2O3. The van der Waals surface area contributed by atoms with E-state index in [0.29, 0.717) is 5.56 Å². The van der Waals surface area contributed by atoms with E-state index in [1.54, 1.807) is 24.5 Å². The minimum Gasteiger partial charge on any atom is -0.488 e. The molecule has 2 heterocycles. The topological polar surface area (TPSA) is 59.5 Å². The van der Waals surface area contributed by atoms with Gasteiger partial charge in [0.15, 0.2) is 5.78 Å². The highest BCUT2D eigenvalue weighted by Gasteiger charge is 2.41. The Kier molecular flexibility index (Phi) is 6.70. The number of carbonyl (C=O) groups is 2. The molecule has 1 aliphatic rings. The Bertz CT molecular complexity index is 1160. The molecule has 0 saturated carbocycles. The molecule has 33 heavy (non-hydrogen) atoms. The van der Waals surface area contributed by atoms with E-state index >= 15 is 0 Å². The molecule has 0 unspecified atom stereocenters. The largest absolute Gasteiger partial charge is 0.488 e. The second-order valence-electron chi connectivity index (χ2n) is 7.90. The number of halogens is 3. The van der Waals surface area contributed by atoms with Crippen LogP contribution in [0.25, 0.3) is 0 Å². The third-order valence-electron chi connectivity index (χ3n) is 5.38. The summed E-state index contributed by atoms with van der Waals surface area (Å²) in [5, 5.41) is 0.0109. The number of benzene rings is 2. The SMILES string of the molecule is O=C(Cc1cccnc1)c1cc(Cl)c(C(=O)N2CCC(F)(F)C2)cc1OCc1ccccc1. The quantitative estimate of drug-likeness (QED) is 0.444. The molecule has 0 atom stereocenters. The van der Waals surface area contributed by atoms with Gasteiger partial charge in [0.25, 0.3) is 11.8 Å². The Morgan fingerprint density at radius 1 is 1.06 bits per heavy atom. The predicted molar refractivity (Wildman–Crippen MR) is 120 cm³/mol. The molecule has 0 N–H and O–H groups in total. The van der Waals surface area contributed by atoms with Crippen molar-refractivity contribution in [2.45, 2.75) is 25.4 Å². The third-order valence-corrected chi connectivity index (χ3v) is 5.69. The van der Waals surface area contributed by atoms with Crippen LogP contribution in [0.5, 0.6) is 5.75 Å². The van der Waals surface area contributed by atoms with E-state index in [0.717, 1.165) is 10.5 Å². The van der Waals surface area contributed by atoms with Crippen LogP contribution in [0.4, 0.5) is 8.78 Å². The summed E-state index contributed by atoms with van der Waals surface area (Å²) in [6.45, 7) is -0.570. The number of likely N-dealkylation sites (tertiary alicyclic amines) is 1. The maximum Gasteiger partial charge on any atom is 0.267 e. The van der Waals surface area contributed by atoms with Crippen molar-refractivity contribution >= 4 is 23.3 Å². The smallest absolute Gasteiger partial charge is 0.267 e. The molecule has 5 nitrogen and oxygen atoms in total. The van der Waals surface area contributed by atoms with Crippen molar-refractivity contribution in [3.05, 3.63) is 94.3 Å². The van der Waals surface area contributed by atoms with Crippen LogP contribution >= 0.6 is 11.6 Å². The highest BCUT2D eigenvalue weighted by Crippen LogP contribution is 2.33. The predicted octanol–water partition coefficient (Wildman–Crippen LogP) is 5.22. The Balaban J connectivity index is 1.65. The number of ketones is 1. The van der Waals surface area contributed by atoms with Crippen LogP contribution in [-0.2, 0) is 13.0 Å². The maximum atomic E-state index is 13.6. The Morgan fingerprint density at radius 3 is 2.48 bits per heavy atom. The summed E-state index contributed by atoms with van der Waals surface area (Å²) in [5.41, 5.74) is 1.82. The third kappa shape index (κ3) is 5.54. The van der Waals surface area contributed by atoms with Gasteiger partial charge in [-0.2, -0.15) is 0 Å². The van der Waals surface area contributed by atoms with Gasteiger partial charge in [-0.05, 0) is 29.3 Å². The molecule has 0 radical (unpaired) electrons. The lowest BCUT2D eigenvalue weighted by atomic mass is 10.0. The van der Waals surface area contributed by atoms with Crippen LogP contribution in [0.3, 0.4) is 0 Å². The van der Waals surface area contributed by atoms with Crippen LogP contribution in [0, 0.1) is 0 Å². The first-order chi connectivity index (χ1) is 15.8. The summed E-state index contributed by atoms with van der Waals surface area (Å²) in [5.74, 6) is -3.63. The van der Waals surface area contributed by atoms with Gasteiger partial charge in [0.1, 0.15) is 12.4 Å². The van der Waals surface area contributed by atoms with Crippen molar-refractivity contribution in [2.75, 3.05) is 13.1 Å². The number of hydrogen-bond donors (Lipinski definition) is 0. The standard InChI is InChI=1S/C25H21ClF2N2O3/c26-21-12-20(22(31)11-18-7-4-9-29-14-18)23(33-15-17-5-2-1-3-6-17)13-19(21)24(32)30-10-8-25(27,28)16-30/h1-7,9,12-14H,8,10-11,15-16H2. The minimum absolute atomic E-state index is 0.0109. The van der Waals surface area contributed by atoms with Crippen molar-refractivity contribution in [3.63, 3.8) is 0 Å². The number of carbonyl (C=O) groups excluding carboxylic acids is 2. The molecule has 1 aromatic heterocycles. The van der Waals surface area contributed by atoms with Crippen molar-refractivity contribution in [1.82, 2.24) is 9.88 Å². The number of amides is 1. The lowest BCUT2D eigenvalue weighted by molar-refractivity contribution is 0.0120. The number of Topliss-reactive ketones (excluding diaryl/α,β-unsaturated/α-hetero) is 1. The van der Waals surface area contributed by atoms with Gasteiger partial charge in [-0.25, -0.2) is 8.78 Å². The average Bonchev–Trinajstić information content (AvgIpc) is 3.18. The van der Waals surface area contributed by atoms with Gasteiger partial charge < -0.3 is 9.64 Å². The van der Waals surface area contributed by atoms with Crippen LogP contribution in [0.15, 0.2) is 67.0 Å². The number of hydrogen-bond acceptors (Lipinski definition) is 4. The number of alkyl halides is 2. The van der Waals surface area contributed by atoms with E-state index in [1.165, 1.54) is 12.1 Å². The van der Waals surface area contributed by atoms with E-state index in [9.17, 15) is 18.4 Å². The molecule has 1 saturated heterocycles. The van der Waals surface area contributed by atoms with E-state index < -0.39 is 24.8 Å². The fourth-order valence-corrected chi connectivity index (χ4v) is 3.90. The number of pyridine rings is 1. The first-order valence-electron chi connectivity index (χ1n) is 10.4. The van der Waals surface area contributed by atoms with Gasteiger partial charge >= 0.3 is 0 Å². The molecule has 0 aliphatic carbocycles. The zero-order chi connectivity index (χ0) is 23.4. The molecule has 8 heteroatoms. The lowest BCUT2D eigenvalue weighted by Crippen LogP contribution is -2.31. The molecule has 2 aromatic carbocycles. The van der Waals surface area contributed by atoms with E-state index in [2.05, 4.69) is 4.98 Å². The molecule has 0 spiro atoms. The summed E-state index contributed by atoms with van der Waals surface area (Å²) in [4.78, 5) is 31.1. The Morgan fingerprint density at radius 2 is 1.82 bits per heavy atom. The van der Waals surface area contributed by atoms with Crippen LogP contribution in [-0.4, -0.2) is 40.6 Å². The van der Waals surface area contributed by atoms with Gasteiger partial charge in [-0.1, -0.05) is 48.0 Å². The second kappa shape index (κ2) is 9.67. The van der Waals surface area contributed by atoms with Crippen LogP contribution in [0.2, 0.25) is 5.02 Å². The first-order valence-corrected chi connectivity index (χ1v) is 10.8. The summed E-state index contributed by atoms with van der Waals surface area (Å²) in [6, 6.07) is 15.6. The van der Waals surface area contributed by atoms with E-state index in [1.807, 2.05) is 30.3 Å². The van der Waals surface area contributed by atoms with Gasteiger partial charge in [-0.3, -0.25) is 14.6 Å². The molecule has 3 aromatic rings. The van der Waals surface area contributed by atoms with Crippen LogP contribution in [0.1, 0.15) is 38.3 Å². The molecule has 1 aliphatic heterocycles. The summed E-state index contributed by atoms with van der Waals surface area (Å²) < 4.78 is 33.2. The summed E-state index contributed by atoms with van der Waals surface area (Å²) in [6.07, 6.45) is 2.88. The van der Waals surface area contributed by atoms with Crippen LogP contribution < -0.4 is 4.74 Å². The lowest BCUT2D eigenvalue weighted by Gasteiger charge is -2.19. The van der Waals surface area contributed by atoms with Crippen molar-refractivity contribution in [2.24, 2.45) is 0 Å². The molecule has 1 amide bonds. The highest BCUT2D eigenvalue weighted by atomic mass is 35.5. The molecule has 1 fully saturated rings. The minimum atomic E-state index is -2.92. The molecule has 4 rings (SSSR count). The van der Waals surface area contributed by atoms with Gasteiger partial charge in [-0.15, -0.1) is 0 Å². The summed E-state index contributed by atoms with van der Waals surface area (Å²) in [7, 11) is 0. The Hall–Kier alpha value is -3.32. The fourth-order valence-electron chi connectivity index (χ4n) is 3.65. The molecule has 170 valence electrons. The van der Waals surface area contributed by atoms with Gasteiger partial charge in [0.05, 0.1) is 22.7 Å². The average molecular weight is 471 g/mol. The number of ether oxygens (including phenoxy) is 1. The number of nitrogens with zero attached hydrogens (tertiary/aromatic N) is 2. The zero-order valence-corrected chi connectivity index (χ0v) is 18.4. The normalized spacial score (nSPS) is 14.8. The monoisotopic (exact) mass is 470 g/mol. The van der Waals surface area contributed by atoms with Gasteiger partial charge in [0.2, 0.25) is 0 Å². The second-order valence-corrected chi connectivity index (χ2v) is 8.30.